The van der Waals surface area contributed by atoms with Crippen LogP contribution in [0.5, 0.6) is 0 Å². The largest absolute Gasteiger partial charge is 0.345 e. The molecule has 0 unspecified atom stereocenters. The molecule has 190 valence electrons. The van der Waals surface area contributed by atoms with Crippen LogP contribution in [0.4, 0.5) is 4.39 Å². The Morgan fingerprint density at radius 1 is 1.22 bits per heavy atom. The number of carbonyl (C=O) groups excluding carboxylic acids is 1. The van der Waals surface area contributed by atoms with Crippen LogP contribution in [0.15, 0.2) is 47.6 Å². The maximum Gasteiger partial charge on any atom is 0.292 e. The number of aromatic nitrogens is 7. The first-order chi connectivity index (χ1) is 17.3. The normalized spacial score (nSPS) is 13.9. The van der Waals surface area contributed by atoms with Crippen molar-refractivity contribution in [2.45, 2.75) is 38.6 Å². The van der Waals surface area contributed by atoms with Gasteiger partial charge in [0, 0.05) is 48.1 Å². The highest BCUT2D eigenvalue weighted by molar-refractivity contribution is 5.90. The summed E-state index contributed by atoms with van der Waals surface area (Å²) in [5.74, 6) is -0.414. The molecule has 6 rings (SSSR count). The number of fused-ring (bicyclic) bond motifs is 1. The summed E-state index contributed by atoms with van der Waals surface area (Å²) in [6.45, 7) is 3.83. The fourth-order valence-electron chi connectivity index (χ4n) is 4.18. The van der Waals surface area contributed by atoms with Gasteiger partial charge in [0.05, 0.1) is 11.7 Å². The molecule has 1 amide bonds. The summed E-state index contributed by atoms with van der Waals surface area (Å²) >= 11 is 0. The van der Waals surface area contributed by atoms with E-state index in [1.165, 1.54) is 6.33 Å². The Kier molecular flexibility index (Phi) is 6.03. The van der Waals surface area contributed by atoms with Gasteiger partial charge >= 0.3 is 0 Å². The number of nitrogens with zero attached hydrogens (tertiary/aromatic N) is 7. The first-order valence-corrected chi connectivity index (χ1v) is 11.6. The summed E-state index contributed by atoms with van der Waals surface area (Å²) in [7, 11) is 1.85. The topological polar surface area (TPSA) is 116 Å². The van der Waals surface area contributed by atoms with Gasteiger partial charge in [0.25, 0.3) is 11.7 Å². The molecule has 1 saturated carbocycles. The fraction of sp³-hybridized carbons (Fsp3) is 0.280. The highest BCUT2D eigenvalue weighted by Crippen LogP contribution is 2.46. The first kappa shape index (κ1) is 24.6. The summed E-state index contributed by atoms with van der Waals surface area (Å²) in [4.78, 5) is 21.1. The van der Waals surface area contributed by atoms with Crippen LogP contribution >= 0.6 is 12.4 Å². The highest BCUT2D eigenvalue weighted by atomic mass is 35.5. The molecule has 1 aromatic carbocycles. The minimum atomic E-state index is -0.466. The Morgan fingerprint density at radius 2 is 2.03 bits per heavy atom. The fourth-order valence-corrected chi connectivity index (χ4v) is 4.18. The average molecular weight is 523 g/mol. The second-order valence-corrected chi connectivity index (χ2v) is 9.45. The summed E-state index contributed by atoms with van der Waals surface area (Å²) in [6, 6.07) is 5.37. The molecule has 37 heavy (non-hydrogen) atoms. The summed E-state index contributed by atoms with van der Waals surface area (Å²) < 4.78 is 24.2. The molecule has 5 aromatic rings. The van der Waals surface area contributed by atoms with Crippen molar-refractivity contribution in [2.24, 2.45) is 7.05 Å². The first-order valence-electron chi connectivity index (χ1n) is 11.6. The summed E-state index contributed by atoms with van der Waals surface area (Å²) in [6.07, 6.45) is 8.86. The Bertz CT molecular complexity index is 1630. The molecule has 0 aliphatic heterocycles. The predicted molar refractivity (Wildman–Crippen MR) is 135 cm³/mol. The van der Waals surface area contributed by atoms with Crippen molar-refractivity contribution in [1.82, 2.24) is 39.8 Å². The van der Waals surface area contributed by atoms with E-state index in [2.05, 4.69) is 30.6 Å². The van der Waals surface area contributed by atoms with Crippen LogP contribution in [-0.2, 0) is 19.0 Å². The van der Waals surface area contributed by atoms with Gasteiger partial charge in [-0.15, -0.1) is 12.4 Å². The van der Waals surface area contributed by atoms with Crippen LogP contribution in [0.3, 0.4) is 0 Å². The van der Waals surface area contributed by atoms with Gasteiger partial charge < -0.3 is 9.84 Å². The smallest absolute Gasteiger partial charge is 0.292 e. The van der Waals surface area contributed by atoms with E-state index in [4.69, 9.17) is 4.52 Å². The second kappa shape index (κ2) is 9.07. The number of halogens is 2. The van der Waals surface area contributed by atoms with Gasteiger partial charge in [0.1, 0.15) is 17.8 Å². The molecule has 0 radical (unpaired) electrons. The van der Waals surface area contributed by atoms with Crippen molar-refractivity contribution in [3.63, 3.8) is 0 Å². The Balaban J connectivity index is 0.00000280. The van der Waals surface area contributed by atoms with E-state index in [1.54, 1.807) is 34.5 Å². The molecule has 4 aromatic heterocycles. The second-order valence-electron chi connectivity index (χ2n) is 9.45. The van der Waals surface area contributed by atoms with Crippen LogP contribution in [0.25, 0.3) is 27.9 Å². The minimum absolute atomic E-state index is 0. The lowest BCUT2D eigenvalue weighted by atomic mass is 10.0. The number of hydrogen-bond acceptors (Lipinski definition) is 7. The van der Waals surface area contributed by atoms with Gasteiger partial charge in [-0.3, -0.25) is 9.48 Å². The van der Waals surface area contributed by atoms with E-state index in [9.17, 15) is 4.79 Å². The number of benzene rings is 1. The molecule has 4 heterocycles. The molecule has 1 fully saturated rings. The van der Waals surface area contributed by atoms with Crippen molar-refractivity contribution in [1.29, 1.82) is 0 Å². The molecular formula is C25H24ClFN8O2. The summed E-state index contributed by atoms with van der Waals surface area (Å²) in [5, 5.41) is 15.0. The lowest BCUT2D eigenvalue weighted by Gasteiger charge is -2.12. The molecule has 1 N–H and O–H groups in total. The van der Waals surface area contributed by atoms with Gasteiger partial charge in [0.2, 0.25) is 5.89 Å². The highest BCUT2D eigenvalue weighted by Gasteiger charge is 2.44. The molecule has 1 aliphatic rings. The van der Waals surface area contributed by atoms with Gasteiger partial charge in [-0.05, 0) is 43.0 Å². The molecular weight excluding hydrogens is 499 g/mol. The van der Waals surface area contributed by atoms with E-state index in [-0.39, 0.29) is 30.2 Å². The predicted octanol–water partition coefficient (Wildman–Crippen LogP) is 4.03. The van der Waals surface area contributed by atoms with Crippen LogP contribution in [0.2, 0.25) is 0 Å². The number of amides is 1. The summed E-state index contributed by atoms with van der Waals surface area (Å²) in [5.41, 5.74) is 4.27. The number of aryl methyl sites for hydroxylation is 1. The van der Waals surface area contributed by atoms with Crippen molar-refractivity contribution in [3.8, 4) is 22.4 Å². The van der Waals surface area contributed by atoms with Crippen molar-refractivity contribution < 1.29 is 13.7 Å². The Morgan fingerprint density at radius 3 is 2.76 bits per heavy atom. The van der Waals surface area contributed by atoms with E-state index < -0.39 is 11.7 Å². The minimum Gasteiger partial charge on any atom is -0.345 e. The Labute approximate surface area is 217 Å². The van der Waals surface area contributed by atoms with E-state index in [0.717, 1.165) is 24.0 Å². The number of carbonyl (C=O) groups is 1. The number of rotatable bonds is 6. The van der Waals surface area contributed by atoms with Gasteiger partial charge in [-0.1, -0.05) is 18.1 Å². The molecule has 10 nitrogen and oxygen atoms in total. The van der Waals surface area contributed by atoms with Crippen LogP contribution < -0.4 is 5.32 Å². The molecule has 0 bridgehead atoms. The van der Waals surface area contributed by atoms with Gasteiger partial charge in [0.15, 0.2) is 0 Å². The SMILES string of the molecule is Cc1c(CNC(=O)c2noc(C3(C)CC3)n2)ccc(-c2ncnn3cc(-c4cnn(C)c4)cc23)c1F.Cl. The van der Waals surface area contributed by atoms with Crippen molar-refractivity contribution in [2.75, 3.05) is 0 Å². The zero-order valence-electron chi connectivity index (χ0n) is 20.4. The van der Waals surface area contributed by atoms with Gasteiger partial charge in [-0.25, -0.2) is 13.9 Å². The van der Waals surface area contributed by atoms with E-state index in [0.29, 0.717) is 33.8 Å². The molecule has 0 spiro atoms. The quantitative estimate of drug-likeness (QED) is 0.358. The van der Waals surface area contributed by atoms with Crippen LogP contribution in [0, 0.1) is 12.7 Å². The number of hydrogen-bond donors (Lipinski definition) is 1. The third-order valence-corrected chi connectivity index (χ3v) is 6.78. The molecule has 0 atom stereocenters. The van der Waals surface area contributed by atoms with E-state index >= 15 is 4.39 Å². The van der Waals surface area contributed by atoms with Crippen LogP contribution in [0.1, 0.15) is 47.4 Å². The molecule has 1 aliphatic carbocycles. The zero-order chi connectivity index (χ0) is 25.0. The Hall–Kier alpha value is -4.12. The third-order valence-electron chi connectivity index (χ3n) is 6.78. The van der Waals surface area contributed by atoms with Crippen LogP contribution in [-0.4, -0.2) is 40.4 Å². The average Bonchev–Trinajstić information content (AvgIpc) is 3.28. The van der Waals surface area contributed by atoms with Crippen molar-refractivity contribution in [3.05, 3.63) is 71.8 Å². The lowest BCUT2D eigenvalue weighted by molar-refractivity contribution is 0.0937. The standard InChI is InChI=1S/C25H23FN8O2.ClH/c1-14-15(9-27-23(35)22-31-24(36-32-22)25(2)6-7-25)4-5-18(20(14)26)21-19-8-16(12-34(19)30-13-28-21)17-10-29-33(3)11-17;/h4-5,8,10-13H,6-7,9H2,1-3H3,(H,27,35);1H. The lowest BCUT2D eigenvalue weighted by Crippen LogP contribution is -2.24. The monoisotopic (exact) mass is 522 g/mol. The maximum absolute atomic E-state index is 15.6. The van der Waals surface area contributed by atoms with Crippen molar-refractivity contribution >= 4 is 23.8 Å². The maximum atomic E-state index is 15.6. The zero-order valence-corrected chi connectivity index (χ0v) is 21.2. The van der Waals surface area contributed by atoms with Gasteiger partial charge in [-0.2, -0.15) is 15.2 Å². The van der Waals surface area contributed by atoms with E-state index in [1.807, 2.05) is 32.4 Å². The number of nitrogens with one attached hydrogen (secondary N) is 1. The molecule has 12 heteroatoms. The third kappa shape index (κ3) is 4.35. The molecule has 0 saturated heterocycles.